The van der Waals surface area contributed by atoms with Gasteiger partial charge >= 0.3 is 5.97 Å². The summed E-state index contributed by atoms with van der Waals surface area (Å²) in [5.74, 6) is -0.401. The van der Waals surface area contributed by atoms with Gasteiger partial charge in [-0.05, 0) is 86.7 Å². The molecule has 1 N–H and O–H groups in total. The molecule has 2 heterocycles. The van der Waals surface area contributed by atoms with Crippen LogP contribution in [0.25, 0.3) is 0 Å². The van der Waals surface area contributed by atoms with E-state index in [0.717, 1.165) is 29.8 Å². The zero-order valence-corrected chi connectivity index (χ0v) is 25.3. The highest BCUT2D eigenvalue weighted by Crippen LogP contribution is 2.35. The number of carbonyl (C=O) groups is 2. The van der Waals surface area contributed by atoms with E-state index in [9.17, 15) is 19.1 Å². The van der Waals surface area contributed by atoms with Crippen molar-refractivity contribution in [1.82, 2.24) is 14.7 Å². The third-order valence-electron chi connectivity index (χ3n) is 8.81. The molecule has 3 aromatic carbocycles. The van der Waals surface area contributed by atoms with Crippen LogP contribution >= 0.6 is 0 Å². The first-order valence-corrected chi connectivity index (χ1v) is 15.3. The summed E-state index contributed by atoms with van der Waals surface area (Å²) < 4.78 is 19.1. The molecule has 43 heavy (non-hydrogen) atoms. The molecule has 1 unspecified atom stereocenters. The van der Waals surface area contributed by atoms with Gasteiger partial charge in [-0.15, -0.1) is 0 Å². The fourth-order valence-corrected chi connectivity index (χ4v) is 6.55. The summed E-state index contributed by atoms with van der Waals surface area (Å²) in [5.41, 5.74) is 3.50. The van der Waals surface area contributed by atoms with Gasteiger partial charge in [0.15, 0.2) is 0 Å². The van der Waals surface area contributed by atoms with Gasteiger partial charge in [0.25, 0.3) is 5.91 Å². The maximum Gasteiger partial charge on any atom is 0.309 e. The number of hydrogen-bond acceptors (Lipinski definition) is 6. The zero-order chi connectivity index (χ0) is 30.5. The van der Waals surface area contributed by atoms with Gasteiger partial charge in [-0.2, -0.15) is 0 Å². The molecule has 0 saturated carbocycles. The molecule has 2 saturated heterocycles. The summed E-state index contributed by atoms with van der Waals surface area (Å²) in [6.45, 7) is 9.82. The predicted octanol–water partition coefficient (Wildman–Crippen LogP) is 5.63. The monoisotopic (exact) mass is 587 g/mol. The van der Waals surface area contributed by atoms with Crippen LogP contribution in [0.5, 0.6) is 5.75 Å². The van der Waals surface area contributed by atoms with E-state index in [1.807, 2.05) is 48.2 Å². The third kappa shape index (κ3) is 7.25. The standard InChI is InChI=1S/C35H42FN3O4/c1-4-43-35(42)27-14-16-37(17-15-27)34(41)30-11-6-9-28(19-30)33(29-10-7-13-32(40)20-29)39-22-24(2)38(21-25(39)3)23-26-8-5-12-31(36)18-26/h5-13,18-20,24-25,27,33,40H,4,14-17,21-23H2,1-3H3/t24-,25+,33?/m1/s1. The highest BCUT2D eigenvalue weighted by atomic mass is 19.1. The Hall–Kier alpha value is -3.75. The fourth-order valence-electron chi connectivity index (χ4n) is 6.55. The number of nitrogens with zero attached hydrogens (tertiary/aromatic N) is 3. The van der Waals surface area contributed by atoms with E-state index in [4.69, 9.17) is 4.74 Å². The first-order valence-electron chi connectivity index (χ1n) is 15.3. The van der Waals surface area contributed by atoms with Crippen molar-refractivity contribution in [3.63, 3.8) is 0 Å². The minimum atomic E-state index is -0.224. The van der Waals surface area contributed by atoms with Crippen LogP contribution in [0.1, 0.15) is 66.7 Å². The first kappa shape index (κ1) is 30.7. The highest BCUT2D eigenvalue weighted by molar-refractivity contribution is 5.94. The average molecular weight is 588 g/mol. The summed E-state index contributed by atoms with van der Waals surface area (Å²) in [6.07, 6.45) is 1.21. The summed E-state index contributed by atoms with van der Waals surface area (Å²) in [5, 5.41) is 10.4. The number of piperazine rings is 1. The van der Waals surface area contributed by atoms with E-state index < -0.39 is 0 Å². The molecule has 0 aliphatic carbocycles. The van der Waals surface area contributed by atoms with Crippen molar-refractivity contribution < 1.29 is 23.8 Å². The van der Waals surface area contributed by atoms with Crippen LogP contribution in [0, 0.1) is 11.7 Å². The lowest BCUT2D eigenvalue weighted by atomic mass is 9.91. The lowest BCUT2D eigenvalue weighted by Crippen LogP contribution is -2.56. The van der Waals surface area contributed by atoms with Crippen LogP contribution in [0.3, 0.4) is 0 Å². The second-order valence-corrected chi connectivity index (χ2v) is 11.9. The number of phenolic OH excluding ortho intramolecular Hbond substituents is 1. The fraction of sp³-hybridized carbons (Fsp3) is 0.429. The Morgan fingerprint density at radius 3 is 2.33 bits per heavy atom. The van der Waals surface area contributed by atoms with Gasteiger partial charge in [-0.25, -0.2) is 4.39 Å². The first-order chi connectivity index (χ1) is 20.7. The second kappa shape index (κ2) is 13.7. The number of benzene rings is 3. The molecule has 228 valence electrons. The van der Waals surface area contributed by atoms with Crippen molar-refractivity contribution in [3.8, 4) is 5.75 Å². The number of ether oxygens (including phenoxy) is 1. The maximum atomic E-state index is 13.9. The number of amides is 1. The molecular weight excluding hydrogens is 545 g/mol. The van der Waals surface area contributed by atoms with Crippen molar-refractivity contribution in [2.45, 2.75) is 58.3 Å². The number of hydrogen-bond donors (Lipinski definition) is 1. The Morgan fingerprint density at radius 2 is 1.63 bits per heavy atom. The van der Waals surface area contributed by atoms with Gasteiger partial charge in [0.1, 0.15) is 11.6 Å². The Morgan fingerprint density at radius 1 is 0.930 bits per heavy atom. The van der Waals surface area contributed by atoms with Gasteiger partial charge in [0, 0.05) is 50.4 Å². The molecule has 0 radical (unpaired) electrons. The van der Waals surface area contributed by atoms with Crippen LogP contribution in [0.4, 0.5) is 4.39 Å². The third-order valence-corrected chi connectivity index (χ3v) is 8.81. The lowest BCUT2D eigenvalue weighted by Gasteiger charge is -2.47. The number of esters is 1. The van der Waals surface area contributed by atoms with E-state index >= 15 is 0 Å². The largest absolute Gasteiger partial charge is 0.508 e. The summed E-state index contributed by atoms with van der Waals surface area (Å²) >= 11 is 0. The molecule has 7 nitrogen and oxygen atoms in total. The number of aromatic hydroxyl groups is 1. The van der Waals surface area contributed by atoms with E-state index in [1.165, 1.54) is 6.07 Å². The highest BCUT2D eigenvalue weighted by Gasteiger charge is 2.35. The number of rotatable bonds is 8. The maximum absolute atomic E-state index is 13.9. The van der Waals surface area contributed by atoms with E-state index in [2.05, 4.69) is 29.7 Å². The van der Waals surface area contributed by atoms with Gasteiger partial charge in [-0.1, -0.05) is 36.4 Å². The molecular formula is C35H42FN3O4. The van der Waals surface area contributed by atoms with Crippen molar-refractivity contribution in [1.29, 1.82) is 0 Å². The quantitative estimate of drug-likeness (QED) is 0.345. The number of phenols is 1. The van der Waals surface area contributed by atoms with Crippen LogP contribution < -0.4 is 0 Å². The van der Waals surface area contributed by atoms with E-state index in [1.54, 1.807) is 24.3 Å². The SMILES string of the molecule is CCOC(=O)C1CCN(C(=O)c2cccc(C(c3cccc(O)c3)N3C[C@@H](C)N(Cc4cccc(F)c4)C[C@@H]3C)c2)CC1. The Kier molecular flexibility index (Phi) is 9.78. The molecule has 0 spiro atoms. The number of piperidine rings is 1. The van der Waals surface area contributed by atoms with Crippen molar-refractivity contribution >= 4 is 11.9 Å². The van der Waals surface area contributed by atoms with Crippen molar-refractivity contribution in [3.05, 3.63) is 101 Å². The van der Waals surface area contributed by atoms with Crippen LogP contribution in [-0.2, 0) is 16.1 Å². The molecule has 1 amide bonds. The Bertz CT molecular complexity index is 1420. The molecule has 2 fully saturated rings. The van der Waals surface area contributed by atoms with Crippen LogP contribution in [0.15, 0.2) is 72.8 Å². The molecule has 8 heteroatoms. The minimum absolute atomic E-state index is 0.0415. The van der Waals surface area contributed by atoms with Gasteiger partial charge in [0.2, 0.25) is 0 Å². The summed E-state index contributed by atoms with van der Waals surface area (Å²) in [7, 11) is 0. The summed E-state index contributed by atoms with van der Waals surface area (Å²) in [4.78, 5) is 32.5. The van der Waals surface area contributed by atoms with Crippen LogP contribution in [-0.4, -0.2) is 76.6 Å². The minimum Gasteiger partial charge on any atom is -0.508 e. The number of likely N-dealkylation sites (tertiary alicyclic amines) is 1. The van der Waals surface area contributed by atoms with Crippen molar-refractivity contribution in [2.24, 2.45) is 5.92 Å². The molecule has 3 atom stereocenters. The number of halogens is 1. The molecule has 5 rings (SSSR count). The van der Waals surface area contributed by atoms with Gasteiger partial charge in [-0.3, -0.25) is 19.4 Å². The van der Waals surface area contributed by atoms with E-state index in [0.29, 0.717) is 44.6 Å². The lowest BCUT2D eigenvalue weighted by molar-refractivity contribution is -0.149. The average Bonchev–Trinajstić information content (AvgIpc) is 3.00. The van der Waals surface area contributed by atoms with Gasteiger partial charge in [0.05, 0.1) is 18.6 Å². The Labute approximate surface area is 253 Å². The van der Waals surface area contributed by atoms with Crippen LogP contribution in [0.2, 0.25) is 0 Å². The van der Waals surface area contributed by atoms with Crippen molar-refractivity contribution in [2.75, 3.05) is 32.8 Å². The van der Waals surface area contributed by atoms with Gasteiger partial charge < -0.3 is 14.7 Å². The molecule has 0 bridgehead atoms. The second-order valence-electron chi connectivity index (χ2n) is 11.9. The molecule has 2 aliphatic rings. The normalized spacial score (nSPS) is 21.0. The topological polar surface area (TPSA) is 73.3 Å². The molecule has 3 aromatic rings. The number of carbonyl (C=O) groups excluding carboxylic acids is 2. The molecule has 0 aromatic heterocycles. The van der Waals surface area contributed by atoms with E-state index in [-0.39, 0.29) is 47.5 Å². The summed E-state index contributed by atoms with van der Waals surface area (Å²) in [6, 6.07) is 22.1. The predicted molar refractivity (Wildman–Crippen MR) is 164 cm³/mol. The molecule has 2 aliphatic heterocycles. The zero-order valence-electron chi connectivity index (χ0n) is 25.3. The smallest absolute Gasteiger partial charge is 0.309 e. The Balaban J connectivity index is 1.37.